The van der Waals surface area contributed by atoms with Gasteiger partial charge in [-0.05, 0) is 43.0 Å². The van der Waals surface area contributed by atoms with E-state index in [4.69, 9.17) is 11.6 Å². The number of piperidine rings is 1. The molecule has 0 saturated carbocycles. The Morgan fingerprint density at radius 2 is 1.67 bits per heavy atom. The van der Waals surface area contributed by atoms with E-state index < -0.39 is 17.7 Å². The Hall–Kier alpha value is -2.80. The molecule has 1 aliphatic rings. The number of amides is 2. The van der Waals surface area contributed by atoms with E-state index in [0.717, 1.165) is 19.3 Å². The van der Waals surface area contributed by atoms with Crippen molar-refractivity contribution in [2.24, 2.45) is 0 Å². The number of rotatable bonds is 4. The Morgan fingerprint density at radius 1 is 1.00 bits per heavy atom. The maximum Gasteiger partial charge on any atom is 0.417 e. The van der Waals surface area contributed by atoms with Crippen molar-refractivity contribution < 1.29 is 22.8 Å². The zero-order valence-electron chi connectivity index (χ0n) is 16.0. The third-order valence-corrected chi connectivity index (χ3v) is 5.01. The Bertz CT molecular complexity index is 953. The number of likely N-dealkylation sites (tertiary alicyclic amines) is 1. The summed E-state index contributed by atoms with van der Waals surface area (Å²) in [6.45, 7) is 1.20. The molecule has 3 rings (SSSR count). The second-order valence-corrected chi connectivity index (χ2v) is 7.39. The smallest absolute Gasteiger partial charge is 0.339 e. The first kappa shape index (κ1) is 21.9. The maximum absolute atomic E-state index is 13.5. The quantitative estimate of drug-likeness (QED) is 0.639. The summed E-state index contributed by atoms with van der Waals surface area (Å²) < 4.78 is 40.5. The lowest BCUT2D eigenvalue weighted by Crippen LogP contribution is -2.36. The fourth-order valence-electron chi connectivity index (χ4n) is 3.32. The van der Waals surface area contributed by atoms with E-state index in [9.17, 15) is 22.8 Å². The number of nitrogens with one attached hydrogen (secondary N) is 1. The molecule has 2 aromatic carbocycles. The lowest BCUT2D eigenvalue weighted by molar-refractivity contribution is -0.112. The van der Waals surface area contributed by atoms with Crippen LogP contribution >= 0.6 is 11.6 Å². The number of anilines is 1. The second-order valence-electron chi connectivity index (χ2n) is 6.95. The van der Waals surface area contributed by atoms with Crippen molar-refractivity contribution in [3.63, 3.8) is 0 Å². The van der Waals surface area contributed by atoms with Crippen LogP contribution in [0.1, 0.15) is 35.2 Å². The van der Waals surface area contributed by atoms with Crippen LogP contribution in [0.25, 0.3) is 5.57 Å². The van der Waals surface area contributed by atoms with Gasteiger partial charge in [-0.25, -0.2) is 0 Å². The number of hydrogen-bond acceptors (Lipinski definition) is 2. The van der Waals surface area contributed by atoms with E-state index in [1.807, 2.05) is 0 Å². The lowest BCUT2D eigenvalue weighted by Gasteiger charge is -2.27. The highest BCUT2D eigenvalue weighted by atomic mass is 35.5. The standard InChI is InChI=1S/C22H20ClF3N2O2/c23-16-9-10-17(21(30)28-11-5-2-6-12-28)19(13-16)27-20(29)14-18(22(24,25)26)15-7-3-1-4-8-15/h1,3-4,7-10,13-14H,2,5-6,11-12H2,(H,27,29)/b18-14+. The van der Waals surface area contributed by atoms with Gasteiger partial charge in [0.1, 0.15) is 0 Å². The highest BCUT2D eigenvalue weighted by Gasteiger charge is 2.35. The maximum atomic E-state index is 13.5. The molecule has 1 aliphatic heterocycles. The number of carbonyl (C=O) groups is 2. The van der Waals surface area contributed by atoms with Crippen molar-refractivity contribution in [3.8, 4) is 0 Å². The van der Waals surface area contributed by atoms with Gasteiger partial charge < -0.3 is 10.2 Å². The monoisotopic (exact) mass is 436 g/mol. The first-order valence-corrected chi connectivity index (χ1v) is 9.87. The van der Waals surface area contributed by atoms with Crippen LogP contribution in [0.4, 0.5) is 18.9 Å². The highest BCUT2D eigenvalue weighted by molar-refractivity contribution is 6.31. The Balaban J connectivity index is 1.89. The number of benzene rings is 2. The molecule has 1 fully saturated rings. The molecule has 1 N–H and O–H groups in total. The summed E-state index contributed by atoms with van der Waals surface area (Å²) >= 11 is 5.99. The van der Waals surface area contributed by atoms with E-state index in [-0.39, 0.29) is 27.7 Å². The molecule has 158 valence electrons. The number of alkyl halides is 3. The first-order valence-electron chi connectivity index (χ1n) is 9.50. The second kappa shape index (κ2) is 9.34. The fraction of sp³-hybridized carbons (Fsp3) is 0.273. The predicted molar refractivity (Wildman–Crippen MR) is 110 cm³/mol. The fourth-order valence-corrected chi connectivity index (χ4v) is 3.49. The van der Waals surface area contributed by atoms with Gasteiger partial charge in [0, 0.05) is 24.2 Å². The molecule has 0 aromatic heterocycles. The van der Waals surface area contributed by atoms with E-state index >= 15 is 0 Å². The molecule has 30 heavy (non-hydrogen) atoms. The van der Waals surface area contributed by atoms with Crippen LogP contribution in [0.3, 0.4) is 0 Å². The minimum atomic E-state index is -4.72. The van der Waals surface area contributed by atoms with Crippen LogP contribution in [0.2, 0.25) is 5.02 Å². The molecule has 2 amide bonds. The molecule has 8 heteroatoms. The number of carbonyl (C=O) groups excluding carboxylic acids is 2. The van der Waals surface area contributed by atoms with Crippen LogP contribution in [-0.4, -0.2) is 36.0 Å². The summed E-state index contributed by atoms with van der Waals surface area (Å²) in [4.78, 5) is 27.0. The Kier molecular flexibility index (Phi) is 6.82. The van der Waals surface area contributed by atoms with Gasteiger partial charge >= 0.3 is 6.18 Å². The molecule has 0 atom stereocenters. The normalized spacial score (nSPS) is 15.1. The minimum absolute atomic E-state index is 0.0777. The molecule has 0 radical (unpaired) electrons. The molecule has 4 nitrogen and oxygen atoms in total. The van der Waals surface area contributed by atoms with Crippen LogP contribution in [0.15, 0.2) is 54.6 Å². The van der Waals surface area contributed by atoms with Gasteiger partial charge in [0.2, 0.25) is 5.91 Å². The summed E-state index contributed by atoms with van der Waals surface area (Å²) in [5.41, 5.74) is -0.937. The van der Waals surface area contributed by atoms with Crippen molar-refractivity contribution in [2.75, 3.05) is 18.4 Å². The number of hydrogen-bond donors (Lipinski definition) is 1. The third-order valence-electron chi connectivity index (χ3n) is 4.78. The predicted octanol–water partition coefficient (Wildman–Crippen LogP) is 5.55. The largest absolute Gasteiger partial charge is 0.417 e. The zero-order chi connectivity index (χ0) is 21.7. The highest BCUT2D eigenvalue weighted by Crippen LogP contribution is 2.34. The minimum Gasteiger partial charge on any atom is -0.339 e. The molecule has 1 heterocycles. The van der Waals surface area contributed by atoms with Gasteiger partial charge in [0.25, 0.3) is 5.91 Å². The van der Waals surface area contributed by atoms with Gasteiger partial charge in [0.15, 0.2) is 0 Å². The molecule has 0 aliphatic carbocycles. The SMILES string of the molecule is O=C(/C=C(\c1ccccc1)C(F)(F)F)Nc1cc(Cl)ccc1C(=O)N1CCCCC1. The van der Waals surface area contributed by atoms with E-state index in [1.165, 1.54) is 42.5 Å². The van der Waals surface area contributed by atoms with Gasteiger partial charge in [-0.3, -0.25) is 9.59 Å². The molecule has 2 aromatic rings. The summed E-state index contributed by atoms with van der Waals surface area (Å²) in [6.07, 6.45) is -1.42. The summed E-state index contributed by atoms with van der Waals surface area (Å²) in [6, 6.07) is 11.4. The summed E-state index contributed by atoms with van der Waals surface area (Å²) in [7, 11) is 0. The molecular weight excluding hydrogens is 417 g/mol. The number of nitrogens with zero attached hydrogens (tertiary/aromatic N) is 1. The van der Waals surface area contributed by atoms with E-state index in [1.54, 1.807) is 11.0 Å². The average molecular weight is 437 g/mol. The third kappa shape index (κ3) is 5.42. The average Bonchev–Trinajstić information content (AvgIpc) is 2.72. The molecule has 0 unspecified atom stereocenters. The Labute approximate surface area is 177 Å². The molecular formula is C22H20ClF3N2O2. The van der Waals surface area contributed by atoms with Gasteiger partial charge in [0.05, 0.1) is 16.8 Å². The lowest BCUT2D eigenvalue weighted by atomic mass is 10.0. The summed E-state index contributed by atoms with van der Waals surface area (Å²) in [5.74, 6) is -1.29. The van der Waals surface area contributed by atoms with Gasteiger partial charge in [-0.2, -0.15) is 13.2 Å². The number of halogens is 4. The topological polar surface area (TPSA) is 49.4 Å². The zero-order valence-corrected chi connectivity index (χ0v) is 16.8. The molecule has 1 saturated heterocycles. The van der Waals surface area contributed by atoms with E-state index in [0.29, 0.717) is 19.2 Å². The molecule has 0 spiro atoms. The van der Waals surface area contributed by atoms with Crippen molar-refractivity contribution in [1.82, 2.24) is 4.90 Å². The van der Waals surface area contributed by atoms with Crippen molar-refractivity contribution in [3.05, 3.63) is 70.8 Å². The molecule has 0 bridgehead atoms. The van der Waals surface area contributed by atoms with Gasteiger partial charge in [-0.1, -0.05) is 41.9 Å². The number of allylic oxidation sites excluding steroid dienone is 1. The van der Waals surface area contributed by atoms with Crippen molar-refractivity contribution in [1.29, 1.82) is 0 Å². The first-order chi connectivity index (χ1) is 14.3. The summed E-state index contributed by atoms with van der Waals surface area (Å²) in [5, 5.41) is 2.65. The van der Waals surface area contributed by atoms with Crippen LogP contribution < -0.4 is 5.32 Å². The van der Waals surface area contributed by atoms with Gasteiger partial charge in [-0.15, -0.1) is 0 Å². The van der Waals surface area contributed by atoms with Crippen LogP contribution in [0.5, 0.6) is 0 Å². The van der Waals surface area contributed by atoms with E-state index in [2.05, 4.69) is 5.32 Å². The van der Waals surface area contributed by atoms with Crippen molar-refractivity contribution >= 4 is 34.7 Å². The van der Waals surface area contributed by atoms with Crippen LogP contribution in [-0.2, 0) is 4.79 Å². The van der Waals surface area contributed by atoms with Crippen molar-refractivity contribution in [2.45, 2.75) is 25.4 Å². The van der Waals surface area contributed by atoms with Crippen LogP contribution in [0, 0.1) is 0 Å². The Morgan fingerprint density at radius 3 is 2.30 bits per heavy atom.